The van der Waals surface area contributed by atoms with E-state index in [-0.39, 0.29) is 30.5 Å². The molecule has 1 N–H and O–H groups in total. The molecule has 0 spiro atoms. The van der Waals surface area contributed by atoms with Gasteiger partial charge in [0, 0.05) is 35.9 Å². The molecular formula is C30H28F3N3O3. The van der Waals surface area contributed by atoms with Crippen molar-refractivity contribution in [1.82, 2.24) is 15.1 Å². The van der Waals surface area contributed by atoms with Gasteiger partial charge in [0.1, 0.15) is 12.4 Å². The first kappa shape index (κ1) is 27.6. The lowest BCUT2D eigenvalue weighted by Gasteiger charge is -2.10. The van der Waals surface area contributed by atoms with E-state index >= 15 is 0 Å². The molecule has 0 aliphatic heterocycles. The van der Waals surface area contributed by atoms with Crippen LogP contribution in [0, 0.1) is 13.8 Å². The number of ketones is 1. The van der Waals surface area contributed by atoms with E-state index < -0.39 is 11.7 Å². The molecule has 1 aromatic heterocycles. The fraction of sp³-hybridized carbons (Fsp3) is 0.233. The molecule has 0 radical (unpaired) electrons. The molecule has 0 aliphatic carbocycles. The molecule has 4 aromatic rings. The number of Topliss-reactive ketones (excluding diaryl/α,β-unsaturated/α-hetero) is 1. The molecule has 6 nitrogen and oxygen atoms in total. The van der Waals surface area contributed by atoms with Gasteiger partial charge in [-0.3, -0.25) is 14.3 Å². The minimum atomic E-state index is -4.44. The van der Waals surface area contributed by atoms with Crippen LogP contribution < -0.4 is 10.1 Å². The largest absolute Gasteiger partial charge is 0.489 e. The van der Waals surface area contributed by atoms with Crippen molar-refractivity contribution < 1.29 is 27.5 Å². The minimum Gasteiger partial charge on any atom is -0.489 e. The molecule has 3 aromatic carbocycles. The number of ether oxygens (including phenoxy) is 1. The zero-order valence-corrected chi connectivity index (χ0v) is 21.8. The maximum Gasteiger partial charge on any atom is 0.416 e. The Morgan fingerprint density at radius 3 is 2.33 bits per heavy atom. The number of nitrogens with one attached hydrogen (secondary N) is 1. The van der Waals surface area contributed by atoms with Gasteiger partial charge in [0.15, 0.2) is 5.78 Å². The van der Waals surface area contributed by atoms with Crippen LogP contribution in [0.3, 0.4) is 0 Å². The lowest BCUT2D eigenvalue weighted by molar-refractivity contribution is -0.137. The molecule has 4 rings (SSSR count). The molecule has 0 unspecified atom stereocenters. The zero-order valence-electron chi connectivity index (χ0n) is 21.8. The van der Waals surface area contributed by atoms with E-state index in [4.69, 9.17) is 4.74 Å². The highest BCUT2D eigenvalue weighted by Crippen LogP contribution is 2.31. The van der Waals surface area contributed by atoms with Crippen LogP contribution in [0.5, 0.6) is 5.75 Å². The van der Waals surface area contributed by atoms with E-state index in [1.807, 2.05) is 36.7 Å². The van der Waals surface area contributed by atoms with E-state index in [9.17, 15) is 22.8 Å². The summed E-state index contributed by atoms with van der Waals surface area (Å²) in [5, 5.41) is 7.23. The van der Waals surface area contributed by atoms with Gasteiger partial charge < -0.3 is 10.1 Å². The number of carbonyl (C=O) groups excluding carboxylic acids is 2. The number of aryl methyl sites for hydroxylation is 1. The van der Waals surface area contributed by atoms with Gasteiger partial charge in [-0.05, 0) is 55.3 Å². The van der Waals surface area contributed by atoms with Gasteiger partial charge in [0.25, 0.3) is 5.91 Å². The number of alkyl halides is 3. The molecule has 0 saturated carbocycles. The maximum absolute atomic E-state index is 13.0. The topological polar surface area (TPSA) is 73.2 Å². The average molecular weight is 536 g/mol. The molecule has 1 heterocycles. The Morgan fingerprint density at radius 2 is 1.64 bits per heavy atom. The lowest BCUT2D eigenvalue weighted by atomic mass is 10.0. The van der Waals surface area contributed by atoms with Crippen LogP contribution in [-0.2, 0) is 25.7 Å². The maximum atomic E-state index is 13.0. The summed E-state index contributed by atoms with van der Waals surface area (Å²) < 4.78 is 46.1. The van der Waals surface area contributed by atoms with Gasteiger partial charge in [-0.2, -0.15) is 18.3 Å². The summed E-state index contributed by atoms with van der Waals surface area (Å²) >= 11 is 0. The lowest BCUT2D eigenvalue weighted by Crippen LogP contribution is -2.18. The predicted molar refractivity (Wildman–Crippen MR) is 141 cm³/mol. The van der Waals surface area contributed by atoms with E-state index in [2.05, 4.69) is 10.4 Å². The Labute approximate surface area is 224 Å². The molecule has 0 atom stereocenters. The van der Waals surface area contributed by atoms with Crippen molar-refractivity contribution in [3.8, 4) is 5.75 Å². The van der Waals surface area contributed by atoms with Crippen molar-refractivity contribution in [2.45, 2.75) is 39.6 Å². The highest BCUT2D eigenvalue weighted by Gasteiger charge is 2.30. The molecule has 0 bridgehead atoms. The second kappa shape index (κ2) is 11.6. The first-order valence-corrected chi connectivity index (χ1v) is 12.3. The van der Waals surface area contributed by atoms with Gasteiger partial charge in [0.2, 0.25) is 0 Å². The third-order valence-corrected chi connectivity index (χ3v) is 6.46. The predicted octanol–water partition coefficient (Wildman–Crippen LogP) is 5.93. The first-order valence-electron chi connectivity index (χ1n) is 12.3. The third kappa shape index (κ3) is 6.73. The monoisotopic (exact) mass is 535 g/mol. The van der Waals surface area contributed by atoms with Crippen LogP contribution in [0.25, 0.3) is 0 Å². The number of hydrogen-bond acceptors (Lipinski definition) is 4. The molecular weight excluding hydrogens is 507 g/mol. The van der Waals surface area contributed by atoms with Gasteiger partial charge in [-0.25, -0.2) is 0 Å². The highest BCUT2D eigenvalue weighted by atomic mass is 19.4. The van der Waals surface area contributed by atoms with Crippen LogP contribution in [-0.4, -0.2) is 28.5 Å². The van der Waals surface area contributed by atoms with Crippen molar-refractivity contribution in [3.05, 3.63) is 118 Å². The molecule has 0 fully saturated rings. The van der Waals surface area contributed by atoms with E-state index in [1.54, 1.807) is 37.4 Å². The summed E-state index contributed by atoms with van der Waals surface area (Å²) in [6.07, 6.45) is -4.26. The quantitative estimate of drug-likeness (QED) is 0.270. The zero-order chi connectivity index (χ0) is 28.2. The molecule has 9 heteroatoms. The average Bonchev–Trinajstić information content (AvgIpc) is 3.18. The Kier molecular flexibility index (Phi) is 8.18. The smallest absolute Gasteiger partial charge is 0.416 e. The summed E-state index contributed by atoms with van der Waals surface area (Å²) in [6.45, 7) is 4.31. The Hall–Kier alpha value is -4.40. The van der Waals surface area contributed by atoms with Crippen molar-refractivity contribution >= 4 is 11.7 Å². The summed E-state index contributed by atoms with van der Waals surface area (Å²) in [4.78, 5) is 25.0. The fourth-order valence-electron chi connectivity index (χ4n) is 4.25. The second-order valence-corrected chi connectivity index (χ2v) is 9.20. The van der Waals surface area contributed by atoms with Gasteiger partial charge in [0.05, 0.1) is 17.8 Å². The molecule has 202 valence electrons. The Balaban J connectivity index is 1.40. The summed E-state index contributed by atoms with van der Waals surface area (Å²) in [6, 6.07) is 18.9. The minimum absolute atomic E-state index is 0.0713. The van der Waals surface area contributed by atoms with Gasteiger partial charge in [-0.1, -0.05) is 42.5 Å². The van der Waals surface area contributed by atoms with Crippen LogP contribution in [0.2, 0.25) is 0 Å². The number of rotatable bonds is 9. The summed E-state index contributed by atoms with van der Waals surface area (Å²) in [5.41, 5.74) is 4.43. The summed E-state index contributed by atoms with van der Waals surface area (Å²) in [7, 11) is 1.58. The van der Waals surface area contributed by atoms with Crippen molar-refractivity contribution in [2.24, 2.45) is 0 Å². The molecule has 0 saturated heterocycles. The molecule has 39 heavy (non-hydrogen) atoms. The highest BCUT2D eigenvalue weighted by molar-refractivity contribution is 5.97. The second-order valence-electron chi connectivity index (χ2n) is 9.20. The van der Waals surface area contributed by atoms with Crippen LogP contribution >= 0.6 is 0 Å². The number of nitrogens with zero attached hydrogens (tertiary/aromatic N) is 2. The number of halogens is 3. The van der Waals surface area contributed by atoms with E-state index in [1.165, 1.54) is 12.1 Å². The standard InChI is InChI=1S/C30H28F3N3O3/c1-19-27(20(2)36(35-19)17-22-6-4-7-24(14-22)29(38)34-3)16-28(37)23-12-10-21(11-13-23)18-39-26-9-5-8-25(15-26)30(31,32)33/h4-15H,16-18H2,1-3H3,(H,34,38). The van der Waals surface area contributed by atoms with Gasteiger partial charge >= 0.3 is 6.18 Å². The van der Waals surface area contributed by atoms with Crippen molar-refractivity contribution in [3.63, 3.8) is 0 Å². The van der Waals surface area contributed by atoms with Gasteiger partial charge in [-0.15, -0.1) is 0 Å². The van der Waals surface area contributed by atoms with Crippen molar-refractivity contribution in [1.29, 1.82) is 0 Å². The Morgan fingerprint density at radius 1 is 0.923 bits per heavy atom. The van der Waals surface area contributed by atoms with Crippen molar-refractivity contribution in [2.75, 3.05) is 7.05 Å². The Bertz CT molecular complexity index is 1490. The van der Waals surface area contributed by atoms with Crippen LogP contribution in [0.1, 0.15) is 54.4 Å². The van der Waals surface area contributed by atoms with E-state index in [0.717, 1.165) is 40.2 Å². The molecule has 1 amide bonds. The SMILES string of the molecule is CNC(=O)c1cccc(Cn2nc(C)c(CC(=O)c3ccc(COc4cccc(C(F)(F)F)c4)cc3)c2C)c1. The number of amides is 1. The third-order valence-electron chi connectivity index (χ3n) is 6.46. The molecule has 0 aliphatic rings. The fourth-order valence-corrected chi connectivity index (χ4v) is 4.25. The number of hydrogen-bond donors (Lipinski definition) is 1. The van der Waals surface area contributed by atoms with Crippen LogP contribution in [0.4, 0.5) is 13.2 Å². The number of benzene rings is 3. The van der Waals surface area contributed by atoms with E-state index in [0.29, 0.717) is 17.7 Å². The first-order chi connectivity index (χ1) is 18.5. The number of aromatic nitrogens is 2. The number of carbonyl (C=O) groups is 2. The summed E-state index contributed by atoms with van der Waals surface area (Å²) in [5.74, 6) is -0.120. The van der Waals surface area contributed by atoms with Crippen LogP contribution in [0.15, 0.2) is 72.8 Å². The normalized spacial score (nSPS) is 11.3.